The molecule has 0 aromatic heterocycles. The summed E-state index contributed by atoms with van der Waals surface area (Å²) < 4.78 is 1.06. The Morgan fingerprint density at radius 2 is 1.94 bits per heavy atom. The molecule has 0 spiro atoms. The zero-order valence-electron chi connectivity index (χ0n) is 9.51. The molecule has 1 aromatic rings. The van der Waals surface area contributed by atoms with Gasteiger partial charge in [0.1, 0.15) is 0 Å². The number of halogens is 1. The Labute approximate surface area is 110 Å². The molecule has 0 aliphatic carbocycles. The number of likely N-dealkylation sites (N-methyl/N-ethyl adjacent to an activating group) is 1. The first-order valence-corrected chi connectivity index (χ1v) is 6.37. The Hall–Kier alpha value is -0.650. The van der Waals surface area contributed by atoms with Crippen LogP contribution in [-0.4, -0.2) is 32.3 Å². The molecule has 16 heavy (non-hydrogen) atoms. The minimum atomic E-state index is 0.670. The molecule has 3 nitrogen and oxygen atoms in total. The molecule has 0 unspecified atom stereocenters. The molecule has 0 fully saturated rings. The van der Waals surface area contributed by atoms with Crippen LogP contribution in [0.4, 0.5) is 5.69 Å². The normalized spacial score (nSPS) is 10.2. The van der Waals surface area contributed by atoms with Crippen LogP contribution in [-0.2, 0) is 0 Å². The van der Waals surface area contributed by atoms with Gasteiger partial charge in [-0.1, -0.05) is 15.9 Å². The Bertz CT molecular complexity index is 338. The Kier molecular flexibility index (Phi) is 5.73. The van der Waals surface area contributed by atoms with Crippen LogP contribution in [0.25, 0.3) is 0 Å². The number of anilines is 1. The van der Waals surface area contributed by atoms with E-state index in [1.807, 2.05) is 24.3 Å². The summed E-state index contributed by atoms with van der Waals surface area (Å²) in [6.07, 6.45) is 0. The van der Waals surface area contributed by atoms with E-state index in [2.05, 4.69) is 40.7 Å². The molecule has 1 aromatic carbocycles. The predicted molar refractivity (Wildman–Crippen MR) is 76.0 cm³/mol. The number of hydrogen-bond donors (Lipinski definition) is 3. The zero-order valence-corrected chi connectivity index (χ0v) is 11.9. The number of thiocarbonyl (C=S) groups is 1. The fourth-order valence-corrected chi connectivity index (χ4v) is 1.62. The molecule has 0 atom stereocenters. The first kappa shape index (κ1) is 13.4. The van der Waals surface area contributed by atoms with E-state index < -0.39 is 0 Å². The maximum atomic E-state index is 5.18. The smallest absolute Gasteiger partial charge is 0.170 e. The number of nitrogens with one attached hydrogen (secondary N) is 3. The molecule has 0 heterocycles. The van der Waals surface area contributed by atoms with Gasteiger partial charge in [0.2, 0.25) is 0 Å². The maximum Gasteiger partial charge on any atom is 0.170 e. The van der Waals surface area contributed by atoms with Crippen molar-refractivity contribution in [2.24, 2.45) is 0 Å². The average Bonchev–Trinajstić information content (AvgIpc) is 2.21. The average molecular weight is 303 g/mol. The van der Waals surface area contributed by atoms with E-state index >= 15 is 0 Å². The van der Waals surface area contributed by atoms with Gasteiger partial charge in [-0.25, -0.2) is 0 Å². The molecule has 0 radical (unpaired) electrons. The van der Waals surface area contributed by atoms with Crippen molar-refractivity contribution >= 4 is 38.9 Å². The molecular formula is C11H17BrN3S+. The third kappa shape index (κ3) is 5.44. The fraction of sp³-hybridized carbons (Fsp3) is 0.364. The molecular weight excluding hydrogens is 286 g/mol. The second-order valence-electron chi connectivity index (χ2n) is 3.84. The van der Waals surface area contributed by atoms with E-state index in [-0.39, 0.29) is 0 Å². The molecule has 0 saturated carbocycles. The zero-order chi connectivity index (χ0) is 12.0. The summed E-state index contributed by atoms with van der Waals surface area (Å²) in [6.45, 7) is 1.92. The van der Waals surface area contributed by atoms with Crippen LogP contribution in [0.15, 0.2) is 28.7 Å². The second kappa shape index (κ2) is 6.83. The minimum absolute atomic E-state index is 0.670. The lowest BCUT2D eigenvalue weighted by Crippen LogP contribution is -3.06. The van der Waals surface area contributed by atoms with E-state index in [0.29, 0.717) is 5.11 Å². The predicted octanol–water partition coefficient (Wildman–Crippen LogP) is 0.880. The van der Waals surface area contributed by atoms with E-state index in [1.165, 1.54) is 4.90 Å². The van der Waals surface area contributed by atoms with Gasteiger partial charge in [0.05, 0.1) is 27.2 Å². The Morgan fingerprint density at radius 1 is 1.31 bits per heavy atom. The maximum absolute atomic E-state index is 5.18. The minimum Gasteiger partial charge on any atom is -0.357 e. The van der Waals surface area contributed by atoms with Gasteiger partial charge in [0, 0.05) is 10.2 Å². The molecule has 0 aliphatic rings. The highest BCUT2D eigenvalue weighted by Gasteiger charge is 1.98. The van der Waals surface area contributed by atoms with E-state index in [1.54, 1.807) is 0 Å². The topological polar surface area (TPSA) is 28.5 Å². The van der Waals surface area contributed by atoms with Crippen molar-refractivity contribution in [3.63, 3.8) is 0 Å². The monoisotopic (exact) mass is 302 g/mol. The van der Waals surface area contributed by atoms with E-state index in [9.17, 15) is 0 Å². The van der Waals surface area contributed by atoms with Crippen LogP contribution in [0.3, 0.4) is 0 Å². The van der Waals surface area contributed by atoms with Crippen LogP contribution >= 0.6 is 28.1 Å². The fourth-order valence-electron chi connectivity index (χ4n) is 1.13. The standard InChI is InChI=1S/C11H16BrN3S/c1-15(2)8-7-13-11(16)14-10-5-3-9(12)4-6-10/h3-6H,7-8H2,1-2H3,(H2,13,14,16)/p+1. The lowest BCUT2D eigenvalue weighted by Gasteiger charge is -2.11. The van der Waals surface area contributed by atoms with Crippen molar-refractivity contribution < 1.29 is 4.90 Å². The van der Waals surface area contributed by atoms with Gasteiger partial charge >= 0.3 is 0 Å². The van der Waals surface area contributed by atoms with Crippen molar-refractivity contribution in [3.05, 3.63) is 28.7 Å². The summed E-state index contributed by atoms with van der Waals surface area (Å²) in [6, 6.07) is 7.92. The molecule has 0 amide bonds. The van der Waals surface area contributed by atoms with Gasteiger partial charge in [0.25, 0.3) is 0 Å². The third-order valence-electron chi connectivity index (χ3n) is 2.01. The first-order valence-electron chi connectivity index (χ1n) is 5.17. The number of rotatable bonds is 4. The van der Waals surface area contributed by atoms with Crippen molar-refractivity contribution in [1.29, 1.82) is 0 Å². The summed E-state index contributed by atoms with van der Waals surface area (Å²) in [7, 11) is 4.24. The molecule has 3 N–H and O–H groups in total. The van der Waals surface area contributed by atoms with Crippen molar-refractivity contribution in [2.75, 3.05) is 32.5 Å². The Morgan fingerprint density at radius 3 is 2.50 bits per heavy atom. The quantitative estimate of drug-likeness (QED) is 0.721. The second-order valence-corrected chi connectivity index (χ2v) is 5.17. The third-order valence-corrected chi connectivity index (χ3v) is 2.79. The number of hydrogen-bond acceptors (Lipinski definition) is 1. The molecule has 0 aliphatic heterocycles. The van der Waals surface area contributed by atoms with Crippen LogP contribution in [0.1, 0.15) is 0 Å². The lowest BCUT2D eigenvalue weighted by molar-refractivity contribution is -0.856. The summed E-state index contributed by atoms with van der Waals surface area (Å²) >= 11 is 8.57. The summed E-state index contributed by atoms with van der Waals surface area (Å²) in [4.78, 5) is 1.40. The van der Waals surface area contributed by atoms with Gasteiger partial charge in [-0.3, -0.25) is 0 Å². The van der Waals surface area contributed by atoms with E-state index in [0.717, 1.165) is 23.2 Å². The highest BCUT2D eigenvalue weighted by molar-refractivity contribution is 9.10. The van der Waals surface area contributed by atoms with Crippen LogP contribution in [0.5, 0.6) is 0 Å². The largest absolute Gasteiger partial charge is 0.357 e. The van der Waals surface area contributed by atoms with Gasteiger partial charge in [-0.2, -0.15) is 0 Å². The highest BCUT2D eigenvalue weighted by Crippen LogP contribution is 2.13. The van der Waals surface area contributed by atoms with Gasteiger partial charge in [-0.15, -0.1) is 0 Å². The highest BCUT2D eigenvalue weighted by atomic mass is 79.9. The lowest BCUT2D eigenvalue weighted by atomic mass is 10.3. The molecule has 5 heteroatoms. The Balaban J connectivity index is 2.31. The van der Waals surface area contributed by atoms with Gasteiger partial charge in [-0.05, 0) is 36.5 Å². The number of quaternary nitrogens is 1. The summed E-state index contributed by atoms with van der Waals surface area (Å²) in [5.41, 5.74) is 0.998. The molecule has 0 saturated heterocycles. The van der Waals surface area contributed by atoms with Gasteiger partial charge < -0.3 is 15.5 Å². The van der Waals surface area contributed by atoms with E-state index in [4.69, 9.17) is 12.2 Å². The van der Waals surface area contributed by atoms with Crippen molar-refractivity contribution in [1.82, 2.24) is 5.32 Å². The molecule has 88 valence electrons. The van der Waals surface area contributed by atoms with Crippen LogP contribution in [0.2, 0.25) is 0 Å². The van der Waals surface area contributed by atoms with Crippen LogP contribution < -0.4 is 15.5 Å². The molecule has 1 rings (SSSR count). The summed E-state index contributed by atoms with van der Waals surface area (Å²) in [5.74, 6) is 0. The van der Waals surface area contributed by atoms with Gasteiger partial charge in [0.15, 0.2) is 5.11 Å². The number of benzene rings is 1. The van der Waals surface area contributed by atoms with Crippen LogP contribution in [0, 0.1) is 0 Å². The molecule has 0 bridgehead atoms. The summed E-state index contributed by atoms with van der Waals surface area (Å²) in [5, 5.41) is 6.97. The SMILES string of the molecule is C[NH+](C)CCNC(=S)Nc1ccc(Br)cc1. The van der Waals surface area contributed by atoms with Crippen molar-refractivity contribution in [3.8, 4) is 0 Å². The first-order chi connectivity index (χ1) is 7.58. The van der Waals surface area contributed by atoms with Crippen molar-refractivity contribution in [2.45, 2.75) is 0 Å².